The van der Waals surface area contributed by atoms with Gasteiger partial charge in [-0.15, -0.1) is 0 Å². The number of aliphatic hydroxyl groups excluding tert-OH is 13. The van der Waals surface area contributed by atoms with Crippen molar-refractivity contribution >= 4 is 0 Å². The van der Waals surface area contributed by atoms with E-state index in [0.29, 0.717) is 54.3 Å². The van der Waals surface area contributed by atoms with E-state index in [0.717, 1.165) is 58.0 Å². The lowest BCUT2D eigenvalue weighted by atomic mass is 9.44. The van der Waals surface area contributed by atoms with E-state index >= 15 is 0 Å². The molecule has 0 unspecified atom stereocenters. The molecule has 13 N–H and O–H groups in total. The summed E-state index contributed by atoms with van der Waals surface area (Å²) in [6.07, 6.45) is -25.9. The Hall–Kier alpha value is -0.920. The summed E-state index contributed by atoms with van der Waals surface area (Å²) in [4.78, 5) is 0. The third-order valence-corrected chi connectivity index (χ3v) is 20.4. The van der Waals surface area contributed by atoms with Crippen LogP contribution in [0.15, 0.2) is 0 Å². The molecular formula is C51H84O23. The van der Waals surface area contributed by atoms with E-state index in [1.165, 1.54) is 0 Å². The number of hydrogen-bond acceptors (Lipinski definition) is 23. The van der Waals surface area contributed by atoms with Crippen molar-refractivity contribution in [3.63, 3.8) is 0 Å². The van der Waals surface area contributed by atoms with E-state index < -0.39 is 155 Å². The summed E-state index contributed by atoms with van der Waals surface area (Å²) in [5.74, 6) is 2.99. The quantitative estimate of drug-likeness (QED) is 0.0872. The highest BCUT2D eigenvalue weighted by Crippen LogP contribution is 2.71. The summed E-state index contributed by atoms with van der Waals surface area (Å²) in [7, 11) is 0. The van der Waals surface area contributed by atoms with Gasteiger partial charge in [0, 0.05) is 12.3 Å². The van der Waals surface area contributed by atoms with Crippen LogP contribution in [-0.4, -0.2) is 240 Å². The van der Waals surface area contributed by atoms with E-state index in [9.17, 15) is 66.4 Å². The average Bonchev–Trinajstić information content (AvgIpc) is 3.84. The first kappa shape index (κ1) is 56.4. The van der Waals surface area contributed by atoms with Crippen molar-refractivity contribution in [3.8, 4) is 0 Å². The lowest BCUT2D eigenvalue weighted by Crippen LogP contribution is -2.68. The van der Waals surface area contributed by atoms with Crippen molar-refractivity contribution in [2.24, 2.45) is 52.3 Å². The first-order valence-electron chi connectivity index (χ1n) is 27.3. The maximum Gasteiger partial charge on any atom is 0.187 e. The van der Waals surface area contributed by atoms with Gasteiger partial charge in [0.1, 0.15) is 97.7 Å². The van der Waals surface area contributed by atoms with Crippen LogP contribution in [0.5, 0.6) is 0 Å². The van der Waals surface area contributed by atoms with E-state index in [2.05, 4.69) is 27.7 Å². The molecule has 1 spiro atoms. The Morgan fingerprint density at radius 1 is 0.473 bits per heavy atom. The molecule has 74 heavy (non-hydrogen) atoms. The summed E-state index contributed by atoms with van der Waals surface area (Å²) in [5, 5.41) is 140. The van der Waals surface area contributed by atoms with Gasteiger partial charge < -0.3 is 114 Å². The fraction of sp³-hybridized carbons (Fsp3) is 1.00. The second kappa shape index (κ2) is 21.9. The molecule has 426 valence electrons. The molecule has 0 aromatic rings. The normalized spacial score (nSPS) is 57.6. The fourth-order valence-electron chi connectivity index (χ4n) is 16.2. The Balaban J connectivity index is 0.820. The van der Waals surface area contributed by atoms with Gasteiger partial charge in [0.15, 0.2) is 30.9 Å². The second-order valence-electron chi connectivity index (χ2n) is 24.3. The first-order chi connectivity index (χ1) is 35.2. The number of fused-ring (bicyclic) bond motifs is 7. The van der Waals surface area contributed by atoms with E-state index in [4.69, 9.17) is 47.4 Å². The van der Waals surface area contributed by atoms with Crippen molar-refractivity contribution in [1.82, 2.24) is 0 Å². The van der Waals surface area contributed by atoms with Gasteiger partial charge in [-0.2, -0.15) is 0 Å². The minimum atomic E-state index is -2.03. The summed E-state index contributed by atoms with van der Waals surface area (Å²) >= 11 is 0. The fourth-order valence-corrected chi connectivity index (χ4v) is 16.2. The Kier molecular flexibility index (Phi) is 16.6. The predicted molar refractivity (Wildman–Crippen MR) is 248 cm³/mol. The molecule has 0 amide bonds. The van der Waals surface area contributed by atoms with E-state index in [-0.39, 0.29) is 23.0 Å². The minimum absolute atomic E-state index is 0.0782. The summed E-state index contributed by atoms with van der Waals surface area (Å²) in [6, 6.07) is 0. The summed E-state index contributed by atoms with van der Waals surface area (Å²) in [5.41, 5.74) is 0.270. The number of ether oxygens (including phenoxy) is 10. The molecule has 0 bridgehead atoms. The summed E-state index contributed by atoms with van der Waals surface area (Å²) < 4.78 is 61.6. The van der Waals surface area contributed by atoms with Gasteiger partial charge in [-0.05, 0) is 104 Å². The van der Waals surface area contributed by atoms with Gasteiger partial charge in [0.25, 0.3) is 0 Å². The van der Waals surface area contributed by atoms with Crippen LogP contribution in [0, 0.1) is 52.3 Å². The van der Waals surface area contributed by atoms with Crippen molar-refractivity contribution in [2.75, 3.05) is 33.0 Å². The van der Waals surface area contributed by atoms with Crippen LogP contribution in [0.3, 0.4) is 0 Å². The van der Waals surface area contributed by atoms with Gasteiger partial charge >= 0.3 is 0 Å². The molecule has 10 aliphatic rings. The van der Waals surface area contributed by atoms with Crippen molar-refractivity contribution < 1.29 is 114 Å². The Labute approximate surface area is 430 Å². The highest BCUT2D eigenvalue weighted by atomic mass is 16.8. The number of aliphatic hydroxyl groups is 13. The topological polar surface area (TPSA) is 355 Å². The molecule has 6 saturated heterocycles. The molecule has 0 aromatic heterocycles. The Bertz CT molecular complexity index is 1880. The van der Waals surface area contributed by atoms with Crippen molar-refractivity contribution in [3.05, 3.63) is 0 Å². The van der Waals surface area contributed by atoms with Crippen LogP contribution in [0.1, 0.15) is 91.9 Å². The van der Waals surface area contributed by atoms with Gasteiger partial charge in [-0.3, -0.25) is 0 Å². The minimum Gasteiger partial charge on any atom is -0.394 e. The molecule has 23 heteroatoms. The first-order valence-corrected chi connectivity index (χ1v) is 27.3. The third kappa shape index (κ3) is 9.56. The Morgan fingerprint density at radius 2 is 1.01 bits per heavy atom. The zero-order chi connectivity index (χ0) is 52.9. The molecule has 23 nitrogen and oxygen atoms in total. The molecule has 4 saturated carbocycles. The maximum absolute atomic E-state index is 11.8. The third-order valence-electron chi connectivity index (χ3n) is 20.4. The van der Waals surface area contributed by atoms with Crippen molar-refractivity contribution in [2.45, 2.75) is 233 Å². The molecule has 10 fully saturated rings. The van der Waals surface area contributed by atoms with Gasteiger partial charge in [0.05, 0.1) is 45.2 Å². The van der Waals surface area contributed by atoms with Crippen molar-refractivity contribution in [1.29, 1.82) is 0 Å². The largest absolute Gasteiger partial charge is 0.394 e. The molecule has 32 atom stereocenters. The molecule has 0 aromatic carbocycles. The standard InChI is InChI=1S/C51H84O23/c1-20-7-12-51(65-19-20)21(2)32-27(74-51)14-26-24-6-5-22-13-23(8-10-49(22,3)25(24)9-11-50(26,32)4)66-45-41(64)38(61)42(31(18-55)70-45)71-48-44(73-47-40(63)37(60)34(57)29(16-53)68-47)43(35(58)30(17-54)69-48)72-46-39(62)36(59)33(56)28(15-52)67-46/h20-48,52-64H,5-19H2,1-4H3/t20-,21-,22-,23-,24+,25-,26-,27-,28+,29+,30+,31+,32-,33+,34+,35+,36-,37-,38+,39+,40+,41+,42-,43-,44+,45+,46-,47-,48-,49-,50-,51+/m0/s1. The molecule has 6 heterocycles. The molecular weight excluding hydrogens is 981 g/mol. The highest BCUT2D eigenvalue weighted by molar-refractivity contribution is 5.15. The van der Waals surface area contributed by atoms with Gasteiger partial charge in [0.2, 0.25) is 0 Å². The molecule has 0 radical (unpaired) electrons. The predicted octanol–water partition coefficient (Wildman–Crippen LogP) is -2.91. The van der Waals surface area contributed by atoms with Crippen LogP contribution < -0.4 is 0 Å². The highest BCUT2D eigenvalue weighted by Gasteiger charge is 2.69. The van der Waals surface area contributed by atoms with Crippen LogP contribution in [0.2, 0.25) is 0 Å². The molecule has 10 rings (SSSR count). The lowest BCUT2D eigenvalue weighted by molar-refractivity contribution is -0.406. The number of hydrogen-bond donors (Lipinski definition) is 13. The molecule has 4 aliphatic carbocycles. The number of rotatable bonds is 12. The van der Waals surface area contributed by atoms with E-state index in [1.54, 1.807) is 0 Å². The Morgan fingerprint density at radius 3 is 1.62 bits per heavy atom. The lowest BCUT2D eigenvalue weighted by Gasteiger charge is -2.61. The van der Waals surface area contributed by atoms with E-state index in [1.807, 2.05) is 0 Å². The monoisotopic (exact) mass is 1060 g/mol. The second-order valence-corrected chi connectivity index (χ2v) is 24.3. The van der Waals surface area contributed by atoms with Crippen LogP contribution in [0.25, 0.3) is 0 Å². The zero-order valence-electron chi connectivity index (χ0n) is 42.7. The van der Waals surface area contributed by atoms with Crippen LogP contribution >= 0.6 is 0 Å². The van der Waals surface area contributed by atoms with Gasteiger partial charge in [-0.25, -0.2) is 0 Å². The van der Waals surface area contributed by atoms with Crippen LogP contribution in [-0.2, 0) is 47.4 Å². The SMILES string of the molecule is C[C@H]1CC[C@@]2(OC1)O[C@H]1C[C@H]3[C@@H]4CC[C@H]5C[C@@H](O[C@@H]6O[C@H](CO)[C@H](O[C@@H]7O[C@H](CO)[C@@H](O)[C@H](O[C@@H]8O[C@H](CO)[C@@H](O)[C@H](O)[C@H]8O)[C@H]7O[C@@H]7O[C@H](CO)[C@@H](O)[C@H](O)[C@H]7O)[C@H](O)[C@H]6O)CC[C@]5(C)[C@H]4CC[C@]3(C)[C@H]1[C@@H]2C. The van der Waals surface area contributed by atoms with Crippen LogP contribution in [0.4, 0.5) is 0 Å². The smallest absolute Gasteiger partial charge is 0.187 e. The zero-order valence-corrected chi connectivity index (χ0v) is 42.7. The molecule has 6 aliphatic heterocycles. The average molecular weight is 1070 g/mol. The maximum atomic E-state index is 11.8. The summed E-state index contributed by atoms with van der Waals surface area (Å²) in [6.45, 7) is 6.96. The van der Waals surface area contributed by atoms with Gasteiger partial charge in [-0.1, -0.05) is 27.7 Å².